The van der Waals surface area contributed by atoms with Gasteiger partial charge in [0.05, 0.1) is 5.38 Å². The molecule has 1 atom stereocenters. The van der Waals surface area contributed by atoms with Crippen LogP contribution in [0.3, 0.4) is 0 Å². The fraction of sp³-hybridized carbons (Fsp3) is 0.200. The molecule has 0 amide bonds. The lowest BCUT2D eigenvalue weighted by Gasteiger charge is -2.12. The molecule has 3 heteroatoms. The zero-order valence-electron chi connectivity index (χ0n) is 9.96. The zero-order valence-corrected chi connectivity index (χ0v) is 12.3. The second kappa shape index (κ2) is 5.85. The van der Waals surface area contributed by atoms with E-state index in [0.29, 0.717) is 6.42 Å². The van der Waals surface area contributed by atoms with Crippen molar-refractivity contribution in [2.24, 2.45) is 0 Å². The fourth-order valence-electron chi connectivity index (χ4n) is 1.91. The van der Waals surface area contributed by atoms with Gasteiger partial charge in [-0.1, -0.05) is 45.8 Å². The summed E-state index contributed by atoms with van der Waals surface area (Å²) in [5, 5.41) is -0.239. The van der Waals surface area contributed by atoms with Crippen molar-refractivity contribution in [1.82, 2.24) is 0 Å². The SMILES string of the molecule is Cc1cccc(CC(Cl)c2cc(F)ccc2Br)c1. The Kier molecular flexibility index (Phi) is 4.41. The molecule has 2 rings (SSSR count). The quantitative estimate of drug-likeness (QED) is 0.660. The van der Waals surface area contributed by atoms with E-state index < -0.39 is 0 Å². The summed E-state index contributed by atoms with van der Waals surface area (Å²) in [4.78, 5) is 0. The first-order chi connectivity index (χ1) is 8.56. The van der Waals surface area contributed by atoms with Gasteiger partial charge in [0.25, 0.3) is 0 Å². The summed E-state index contributed by atoms with van der Waals surface area (Å²) in [6.07, 6.45) is 0.686. The summed E-state index contributed by atoms with van der Waals surface area (Å²) in [6, 6.07) is 12.8. The largest absolute Gasteiger partial charge is 0.207 e. The van der Waals surface area contributed by atoms with Gasteiger partial charge in [-0.05, 0) is 42.7 Å². The highest BCUT2D eigenvalue weighted by atomic mass is 79.9. The maximum atomic E-state index is 13.2. The van der Waals surface area contributed by atoms with Crippen LogP contribution in [0.4, 0.5) is 4.39 Å². The summed E-state index contributed by atoms with van der Waals surface area (Å²) in [7, 11) is 0. The lowest BCUT2D eigenvalue weighted by molar-refractivity contribution is 0.624. The van der Waals surface area contributed by atoms with Crippen molar-refractivity contribution in [3.05, 3.63) is 69.4 Å². The molecule has 0 aliphatic rings. The lowest BCUT2D eigenvalue weighted by Crippen LogP contribution is -1.98. The van der Waals surface area contributed by atoms with Gasteiger partial charge in [-0.15, -0.1) is 11.6 Å². The molecule has 0 aliphatic heterocycles. The van der Waals surface area contributed by atoms with Crippen LogP contribution in [0.1, 0.15) is 22.1 Å². The van der Waals surface area contributed by atoms with E-state index >= 15 is 0 Å². The van der Waals surface area contributed by atoms with E-state index in [9.17, 15) is 4.39 Å². The van der Waals surface area contributed by atoms with Gasteiger partial charge in [0.2, 0.25) is 0 Å². The molecule has 94 valence electrons. The number of benzene rings is 2. The van der Waals surface area contributed by atoms with Gasteiger partial charge in [-0.2, -0.15) is 0 Å². The molecule has 0 heterocycles. The first kappa shape index (κ1) is 13.6. The molecule has 0 fully saturated rings. The summed E-state index contributed by atoms with van der Waals surface area (Å²) >= 11 is 9.78. The Morgan fingerprint density at radius 1 is 1.22 bits per heavy atom. The molecular formula is C15H13BrClF. The Morgan fingerprint density at radius 3 is 2.72 bits per heavy atom. The molecule has 0 aliphatic carbocycles. The minimum Gasteiger partial charge on any atom is -0.207 e. The molecule has 18 heavy (non-hydrogen) atoms. The monoisotopic (exact) mass is 326 g/mol. The van der Waals surface area contributed by atoms with Gasteiger partial charge in [-0.25, -0.2) is 4.39 Å². The normalized spacial score (nSPS) is 12.4. The molecular weight excluding hydrogens is 315 g/mol. The summed E-state index contributed by atoms with van der Waals surface area (Å²) in [5.41, 5.74) is 3.15. The van der Waals surface area contributed by atoms with Crippen LogP contribution in [0.5, 0.6) is 0 Å². The van der Waals surface area contributed by atoms with Crippen LogP contribution < -0.4 is 0 Å². The van der Waals surface area contributed by atoms with Crippen molar-refractivity contribution in [2.75, 3.05) is 0 Å². The number of hydrogen-bond donors (Lipinski definition) is 0. The third kappa shape index (κ3) is 3.33. The van der Waals surface area contributed by atoms with E-state index in [4.69, 9.17) is 11.6 Å². The molecule has 1 unspecified atom stereocenters. The molecule has 2 aromatic rings. The molecule has 0 spiro atoms. The number of rotatable bonds is 3. The van der Waals surface area contributed by atoms with E-state index in [-0.39, 0.29) is 11.2 Å². The van der Waals surface area contributed by atoms with Gasteiger partial charge in [0, 0.05) is 4.47 Å². The van der Waals surface area contributed by atoms with Crippen molar-refractivity contribution in [2.45, 2.75) is 18.7 Å². The summed E-state index contributed by atoms with van der Waals surface area (Å²) < 4.78 is 14.1. The van der Waals surface area contributed by atoms with Gasteiger partial charge >= 0.3 is 0 Å². The van der Waals surface area contributed by atoms with E-state index in [0.717, 1.165) is 15.6 Å². The second-order valence-electron chi connectivity index (χ2n) is 4.33. The minimum atomic E-state index is -0.261. The third-order valence-corrected chi connectivity index (χ3v) is 3.90. The van der Waals surface area contributed by atoms with Crippen LogP contribution in [-0.4, -0.2) is 0 Å². The first-order valence-electron chi connectivity index (χ1n) is 5.71. The van der Waals surface area contributed by atoms with Gasteiger partial charge in [-0.3, -0.25) is 0 Å². The Bertz CT molecular complexity index is 554. The molecule has 0 radical (unpaired) electrons. The molecule has 0 saturated carbocycles. The number of aryl methyl sites for hydroxylation is 1. The average Bonchev–Trinajstić information content (AvgIpc) is 2.32. The van der Waals surface area contributed by atoms with E-state index in [1.165, 1.54) is 17.7 Å². The van der Waals surface area contributed by atoms with Crippen LogP contribution in [0.25, 0.3) is 0 Å². The minimum absolute atomic E-state index is 0.239. The predicted octanol–water partition coefficient (Wildman–Crippen LogP) is 5.42. The molecule has 2 aromatic carbocycles. The highest BCUT2D eigenvalue weighted by molar-refractivity contribution is 9.10. The predicted molar refractivity (Wildman–Crippen MR) is 77.6 cm³/mol. The van der Waals surface area contributed by atoms with Crippen LogP contribution in [-0.2, 0) is 6.42 Å². The standard InChI is InChI=1S/C15H13BrClF/c1-10-3-2-4-11(7-10)8-15(17)13-9-12(18)5-6-14(13)16/h2-7,9,15H,8H2,1H3. The van der Waals surface area contributed by atoms with Gasteiger partial charge in [0.1, 0.15) is 5.82 Å². The van der Waals surface area contributed by atoms with E-state index in [2.05, 4.69) is 22.0 Å². The van der Waals surface area contributed by atoms with Crippen molar-refractivity contribution in [1.29, 1.82) is 0 Å². The number of alkyl halides is 1. The third-order valence-electron chi connectivity index (χ3n) is 2.79. The maximum Gasteiger partial charge on any atom is 0.123 e. The van der Waals surface area contributed by atoms with Crippen LogP contribution in [0.2, 0.25) is 0 Å². The highest BCUT2D eigenvalue weighted by Crippen LogP contribution is 2.31. The topological polar surface area (TPSA) is 0 Å². The Labute approximate surface area is 120 Å². The summed E-state index contributed by atoms with van der Waals surface area (Å²) in [5.74, 6) is -0.261. The van der Waals surface area contributed by atoms with Crippen molar-refractivity contribution >= 4 is 27.5 Å². The van der Waals surface area contributed by atoms with E-state index in [1.54, 1.807) is 6.07 Å². The Morgan fingerprint density at radius 2 is 2.00 bits per heavy atom. The van der Waals surface area contributed by atoms with Gasteiger partial charge in [0.15, 0.2) is 0 Å². The fourth-order valence-corrected chi connectivity index (χ4v) is 2.92. The maximum absolute atomic E-state index is 13.2. The van der Waals surface area contributed by atoms with Crippen molar-refractivity contribution in [3.63, 3.8) is 0 Å². The molecule has 0 saturated heterocycles. The number of halogens is 3. The van der Waals surface area contributed by atoms with Gasteiger partial charge < -0.3 is 0 Å². The number of hydrogen-bond acceptors (Lipinski definition) is 0. The summed E-state index contributed by atoms with van der Waals surface area (Å²) in [6.45, 7) is 2.05. The Balaban J connectivity index is 2.21. The zero-order chi connectivity index (χ0) is 13.1. The van der Waals surface area contributed by atoms with E-state index in [1.807, 2.05) is 25.1 Å². The molecule has 0 aromatic heterocycles. The lowest BCUT2D eigenvalue weighted by atomic mass is 10.0. The van der Waals surface area contributed by atoms with Crippen LogP contribution >= 0.6 is 27.5 Å². The van der Waals surface area contributed by atoms with Crippen LogP contribution in [0, 0.1) is 12.7 Å². The smallest absolute Gasteiger partial charge is 0.123 e. The highest BCUT2D eigenvalue weighted by Gasteiger charge is 2.13. The van der Waals surface area contributed by atoms with Crippen molar-refractivity contribution < 1.29 is 4.39 Å². The van der Waals surface area contributed by atoms with Crippen LogP contribution in [0.15, 0.2) is 46.9 Å². The second-order valence-corrected chi connectivity index (χ2v) is 5.71. The Hall–Kier alpha value is -0.860. The molecule has 0 N–H and O–H groups in total. The molecule has 0 bridgehead atoms. The first-order valence-corrected chi connectivity index (χ1v) is 6.94. The molecule has 0 nitrogen and oxygen atoms in total. The van der Waals surface area contributed by atoms with Crippen molar-refractivity contribution in [3.8, 4) is 0 Å². The average molecular weight is 328 g/mol.